The molecule has 0 bridgehead atoms. The third-order valence-corrected chi connectivity index (χ3v) is 5.49. The number of rotatable bonds is 5. The van der Waals surface area contributed by atoms with Crippen molar-refractivity contribution in [3.05, 3.63) is 60.2 Å². The summed E-state index contributed by atoms with van der Waals surface area (Å²) in [6.45, 7) is 10.0. The molecular formula is C28H35N3O6. The normalized spacial score (nSPS) is 15.9. The first kappa shape index (κ1) is 27.7. The van der Waals surface area contributed by atoms with Crippen LogP contribution in [0, 0.1) is 5.41 Å². The number of amides is 3. The molecule has 3 amide bonds. The van der Waals surface area contributed by atoms with Crippen LogP contribution >= 0.6 is 0 Å². The van der Waals surface area contributed by atoms with E-state index in [1.54, 1.807) is 65.8 Å². The largest absolute Gasteiger partial charge is 0.459 e. The number of carbonyl (C=O) groups is 4. The molecule has 0 saturated carbocycles. The highest BCUT2D eigenvalue weighted by Gasteiger charge is 2.40. The summed E-state index contributed by atoms with van der Waals surface area (Å²) < 4.78 is 10.8. The van der Waals surface area contributed by atoms with E-state index in [2.05, 4.69) is 5.32 Å². The molecule has 9 heteroatoms. The van der Waals surface area contributed by atoms with Crippen molar-refractivity contribution < 1.29 is 28.7 Å². The van der Waals surface area contributed by atoms with E-state index in [1.165, 1.54) is 9.80 Å². The Kier molecular flexibility index (Phi) is 8.25. The lowest BCUT2D eigenvalue weighted by Gasteiger charge is -2.30. The third kappa shape index (κ3) is 7.31. The van der Waals surface area contributed by atoms with Crippen molar-refractivity contribution in [3.8, 4) is 0 Å². The van der Waals surface area contributed by atoms with Crippen LogP contribution in [0.1, 0.15) is 47.1 Å². The number of ether oxygens (including phenoxy) is 2. The summed E-state index contributed by atoms with van der Waals surface area (Å²) in [5.41, 5.74) is 0.0977. The van der Waals surface area contributed by atoms with E-state index in [-0.39, 0.29) is 25.6 Å². The van der Waals surface area contributed by atoms with Crippen LogP contribution in [0.5, 0.6) is 0 Å². The number of hydrogen-bond acceptors (Lipinski definition) is 6. The van der Waals surface area contributed by atoms with Crippen LogP contribution in [0.3, 0.4) is 0 Å². The average molecular weight is 510 g/mol. The van der Waals surface area contributed by atoms with Gasteiger partial charge in [-0.25, -0.2) is 4.79 Å². The molecule has 1 N–H and O–H groups in total. The highest BCUT2D eigenvalue weighted by Crippen LogP contribution is 2.35. The first-order valence-corrected chi connectivity index (χ1v) is 12.2. The van der Waals surface area contributed by atoms with Crippen molar-refractivity contribution >= 4 is 35.3 Å². The van der Waals surface area contributed by atoms with Gasteiger partial charge in [-0.15, -0.1) is 0 Å². The Morgan fingerprint density at radius 3 is 2.11 bits per heavy atom. The van der Waals surface area contributed by atoms with Gasteiger partial charge in [-0.1, -0.05) is 63.2 Å². The molecule has 9 nitrogen and oxygen atoms in total. The molecule has 0 aliphatic carbocycles. The Labute approximate surface area is 217 Å². The highest BCUT2D eigenvalue weighted by molar-refractivity contribution is 6.10. The van der Waals surface area contributed by atoms with Crippen molar-refractivity contribution in [1.29, 1.82) is 0 Å². The molecule has 37 heavy (non-hydrogen) atoms. The summed E-state index contributed by atoms with van der Waals surface area (Å²) in [5.74, 6) is -1.41. The van der Waals surface area contributed by atoms with Crippen molar-refractivity contribution in [2.75, 3.05) is 22.9 Å². The molecular weight excluding hydrogens is 474 g/mol. The number of anilines is 2. The van der Waals surface area contributed by atoms with Crippen molar-refractivity contribution in [2.45, 2.75) is 59.8 Å². The van der Waals surface area contributed by atoms with Gasteiger partial charge in [0, 0.05) is 5.41 Å². The zero-order chi connectivity index (χ0) is 27.4. The van der Waals surface area contributed by atoms with Gasteiger partial charge in [-0.3, -0.25) is 19.3 Å². The van der Waals surface area contributed by atoms with Gasteiger partial charge < -0.3 is 19.7 Å². The third-order valence-electron chi connectivity index (χ3n) is 5.49. The molecule has 0 spiro atoms. The number of fused-ring (bicyclic) bond motifs is 1. The van der Waals surface area contributed by atoms with Gasteiger partial charge in [0.25, 0.3) is 5.91 Å². The van der Waals surface area contributed by atoms with Gasteiger partial charge in [0.15, 0.2) is 0 Å². The maximum absolute atomic E-state index is 13.7. The lowest BCUT2D eigenvalue weighted by molar-refractivity contribution is -0.153. The Hall–Kier alpha value is -3.88. The number of benzene rings is 2. The average Bonchev–Trinajstić information content (AvgIpc) is 2.92. The quantitative estimate of drug-likeness (QED) is 0.610. The minimum Gasteiger partial charge on any atom is -0.459 e. The monoisotopic (exact) mass is 509 g/mol. The van der Waals surface area contributed by atoms with Gasteiger partial charge in [-0.2, -0.15) is 0 Å². The number of alkyl carbamates (subject to hydrolysis) is 1. The predicted octanol–water partition coefficient (Wildman–Crippen LogP) is 4.05. The minimum absolute atomic E-state index is 0.0140. The fourth-order valence-corrected chi connectivity index (χ4v) is 3.86. The lowest BCUT2D eigenvalue weighted by Crippen LogP contribution is -2.54. The van der Waals surface area contributed by atoms with Gasteiger partial charge >= 0.3 is 12.1 Å². The molecule has 3 rings (SSSR count). The van der Waals surface area contributed by atoms with E-state index in [9.17, 15) is 19.2 Å². The Morgan fingerprint density at radius 2 is 1.51 bits per heavy atom. The molecule has 0 fully saturated rings. The topological polar surface area (TPSA) is 105 Å². The molecule has 1 heterocycles. The maximum atomic E-state index is 13.7. The van der Waals surface area contributed by atoms with Gasteiger partial charge in [0.1, 0.15) is 24.8 Å². The molecule has 0 saturated heterocycles. The summed E-state index contributed by atoms with van der Waals surface area (Å²) in [5, 5.41) is 2.60. The van der Waals surface area contributed by atoms with Crippen LogP contribution < -0.4 is 15.1 Å². The number of carbonyl (C=O) groups excluding carboxylic acids is 4. The van der Waals surface area contributed by atoms with Crippen LogP contribution in [0.4, 0.5) is 16.2 Å². The molecule has 2 aromatic carbocycles. The first-order valence-electron chi connectivity index (χ1n) is 12.2. The Morgan fingerprint density at radius 1 is 0.919 bits per heavy atom. The van der Waals surface area contributed by atoms with Gasteiger partial charge in [0.2, 0.25) is 5.91 Å². The van der Waals surface area contributed by atoms with Crippen molar-refractivity contribution in [2.24, 2.45) is 5.41 Å². The van der Waals surface area contributed by atoms with Crippen LogP contribution in [0.2, 0.25) is 0 Å². The van der Waals surface area contributed by atoms with Crippen molar-refractivity contribution in [3.63, 3.8) is 0 Å². The van der Waals surface area contributed by atoms with E-state index in [1.807, 2.05) is 30.3 Å². The van der Waals surface area contributed by atoms with Crippen molar-refractivity contribution in [1.82, 2.24) is 5.32 Å². The molecule has 198 valence electrons. The predicted molar refractivity (Wildman–Crippen MR) is 140 cm³/mol. The van der Waals surface area contributed by atoms with Gasteiger partial charge in [-0.05, 0) is 38.5 Å². The number of hydrogen-bond donors (Lipinski definition) is 1. The summed E-state index contributed by atoms with van der Waals surface area (Å²) in [6.07, 6.45) is -0.812. The maximum Gasteiger partial charge on any atom is 0.408 e. The lowest BCUT2D eigenvalue weighted by atomic mass is 9.94. The smallest absolute Gasteiger partial charge is 0.408 e. The van der Waals surface area contributed by atoms with E-state index >= 15 is 0 Å². The second-order valence-electron chi connectivity index (χ2n) is 10.9. The summed E-state index contributed by atoms with van der Waals surface area (Å²) >= 11 is 0. The zero-order valence-electron chi connectivity index (χ0n) is 22.2. The Balaban J connectivity index is 1.94. The van der Waals surface area contributed by atoms with E-state index in [0.717, 1.165) is 5.56 Å². The first-order chi connectivity index (χ1) is 17.3. The number of esters is 1. The molecule has 1 aliphatic heterocycles. The minimum atomic E-state index is -1.16. The van der Waals surface area contributed by atoms with Crippen LogP contribution in [0.25, 0.3) is 0 Å². The van der Waals surface area contributed by atoms with Crippen LogP contribution in [0.15, 0.2) is 54.6 Å². The number of para-hydroxylation sites is 2. The molecule has 0 aromatic heterocycles. The second-order valence-corrected chi connectivity index (χ2v) is 10.9. The van der Waals surface area contributed by atoms with E-state index < -0.39 is 35.0 Å². The summed E-state index contributed by atoms with van der Waals surface area (Å²) in [6, 6.07) is 14.8. The number of nitrogens with zero attached hydrogens (tertiary/aromatic N) is 2. The molecule has 1 unspecified atom stereocenters. The molecule has 2 aromatic rings. The second kappa shape index (κ2) is 11.0. The van der Waals surface area contributed by atoms with E-state index in [0.29, 0.717) is 11.4 Å². The standard InChI is InChI=1S/C28H35N3O6/c1-27(2,3)25(34)31-16-20(29-26(35)36-18-19-12-8-7-9-13-19)24(33)30(17-23(32)37-28(4,5)6)21-14-10-11-15-22(21)31/h7-15,20H,16-18H2,1-6H3,(H,29,35). The summed E-state index contributed by atoms with van der Waals surface area (Å²) in [4.78, 5) is 55.4. The molecule has 0 radical (unpaired) electrons. The fourth-order valence-electron chi connectivity index (χ4n) is 3.86. The fraction of sp³-hybridized carbons (Fsp3) is 0.429. The van der Waals surface area contributed by atoms with Crippen LogP contribution in [-0.2, 0) is 30.5 Å². The highest BCUT2D eigenvalue weighted by atomic mass is 16.6. The van der Waals surface area contributed by atoms with Crippen LogP contribution in [-0.4, -0.2) is 48.6 Å². The molecule has 1 atom stereocenters. The summed E-state index contributed by atoms with van der Waals surface area (Å²) in [7, 11) is 0. The van der Waals surface area contributed by atoms with E-state index in [4.69, 9.17) is 9.47 Å². The SMILES string of the molecule is CC(C)(C)OC(=O)CN1C(=O)C(NC(=O)OCc2ccccc2)CN(C(=O)C(C)(C)C)c2ccccc21. The number of nitrogens with one attached hydrogen (secondary N) is 1. The Bertz CT molecular complexity index is 1150. The zero-order valence-corrected chi connectivity index (χ0v) is 22.2. The molecule has 1 aliphatic rings. The van der Waals surface area contributed by atoms with Gasteiger partial charge in [0.05, 0.1) is 17.9 Å².